The first-order valence-corrected chi connectivity index (χ1v) is 5.05. The zero-order valence-electron chi connectivity index (χ0n) is 7.85. The van der Waals surface area contributed by atoms with Crippen LogP contribution in [0.1, 0.15) is 47.0 Å². The Morgan fingerprint density at radius 2 is 1.80 bits per heavy atom. The molecule has 1 heteroatoms. The lowest BCUT2D eigenvalue weighted by Gasteiger charge is -2.04. The van der Waals surface area contributed by atoms with E-state index in [-0.39, 0.29) is 0 Å². The van der Waals surface area contributed by atoms with Crippen LogP contribution in [-0.2, 0) is 0 Å². The molecule has 0 bridgehead atoms. The third-order valence-corrected chi connectivity index (χ3v) is 1.87. The van der Waals surface area contributed by atoms with E-state index in [1.54, 1.807) is 0 Å². The average molecular weight is 162 g/mol. The van der Waals surface area contributed by atoms with Crippen LogP contribution in [0.25, 0.3) is 0 Å². The van der Waals surface area contributed by atoms with Crippen molar-refractivity contribution in [1.82, 2.24) is 0 Å². The Kier molecular flexibility index (Phi) is 15.7. The summed E-state index contributed by atoms with van der Waals surface area (Å²) in [5.41, 5.74) is 0. The van der Waals surface area contributed by atoms with E-state index in [9.17, 15) is 0 Å². The van der Waals surface area contributed by atoms with Gasteiger partial charge >= 0.3 is 0 Å². The van der Waals surface area contributed by atoms with Crippen LogP contribution >= 0.6 is 12.6 Å². The van der Waals surface area contributed by atoms with Crippen LogP contribution in [0, 0.1) is 5.92 Å². The molecule has 0 amide bonds. The number of thiol groups is 1. The second-order valence-corrected chi connectivity index (χ2v) is 2.83. The summed E-state index contributed by atoms with van der Waals surface area (Å²) in [7, 11) is 0. The smallest absolute Gasteiger partial charge is 0.00978 e. The van der Waals surface area contributed by atoms with Crippen molar-refractivity contribution in [2.45, 2.75) is 47.0 Å². The largest absolute Gasteiger partial charge is 0.179 e. The van der Waals surface area contributed by atoms with E-state index in [0.29, 0.717) is 0 Å². The van der Waals surface area contributed by atoms with E-state index in [0.717, 1.165) is 11.7 Å². The molecule has 0 heterocycles. The van der Waals surface area contributed by atoms with Crippen molar-refractivity contribution >= 4 is 12.6 Å². The summed E-state index contributed by atoms with van der Waals surface area (Å²) in [6.07, 6.45) is 3.94. The van der Waals surface area contributed by atoms with Gasteiger partial charge in [-0.3, -0.25) is 0 Å². The van der Waals surface area contributed by atoms with Crippen LogP contribution in [-0.4, -0.2) is 5.75 Å². The molecule has 0 aliphatic rings. The molecule has 0 aliphatic heterocycles. The molecule has 0 aromatic carbocycles. The number of hydrogen-bond donors (Lipinski definition) is 1. The quantitative estimate of drug-likeness (QED) is 0.598. The van der Waals surface area contributed by atoms with Gasteiger partial charge in [-0.05, 0) is 24.5 Å². The van der Waals surface area contributed by atoms with Crippen LogP contribution in [0.4, 0.5) is 0 Å². The molecule has 0 saturated carbocycles. The molecule has 0 unspecified atom stereocenters. The molecule has 0 spiro atoms. The van der Waals surface area contributed by atoms with Crippen LogP contribution < -0.4 is 0 Å². The van der Waals surface area contributed by atoms with Crippen molar-refractivity contribution in [3.8, 4) is 0 Å². The molecular weight excluding hydrogens is 140 g/mol. The summed E-state index contributed by atoms with van der Waals surface area (Å²) in [5, 5.41) is 0. The highest BCUT2D eigenvalue weighted by Crippen LogP contribution is 2.08. The number of rotatable bonds is 4. The van der Waals surface area contributed by atoms with Crippen molar-refractivity contribution in [2.75, 3.05) is 5.75 Å². The predicted molar refractivity (Wildman–Crippen MR) is 53.9 cm³/mol. The Morgan fingerprint density at radius 3 is 2.10 bits per heavy atom. The van der Waals surface area contributed by atoms with Gasteiger partial charge in [0.15, 0.2) is 0 Å². The summed E-state index contributed by atoms with van der Waals surface area (Å²) < 4.78 is 0. The molecular formula is C9H22S. The molecule has 0 aromatic rings. The molecule has 0 aromatic heterocycles. The van der Waals surface area contributed by atoms with E-state index >= 15 is 0 Å². The highest BCUT2D eigenvalue weighted by molar-refractivity contribution is 7.80. The zero-order chi connectivity index (χ0) is 8.41. The van der Waals surface area contributed by atoms with Gasteiger partial charge in [-0.2, -0.15) is 12.6 Å². The maximum Gasteiger partial charge on any atom is -0.00978 e. The highest BCUT2D eigenvalue weighted by atomic mass is 32.1. The Hall–Kier alpha value is 0.350. The maximum absolute atomic E-state index is 4.13. The van der Waals surface area contributed by atoms with Gasteiger partial charge in [0.05, 0.1) is 0 Å². The monoisotopic (exact) mass is 162 g/mol. The van der Waals surface area contributed by atoms with E-state index in [4.69, 9.17) is 0 Å². The van der Waals surface area contributed by atoms with Crippen LogP contribution in [0.2, 0.25) is 0 Å². The summed E-state index contributed by atoms with van der Waals surface area (Å²) >= 11 is 4.13. The summed E-state index contributed by atoms with van der Waals surface area (Å²) in [6, 6.07) is 0. The van der Waals surface area contributed by atoms with E-state index in [2.05, 4.69) is 26.5 Å². The lowest BCUT2D eigenvalue weighted by atomic mass is 10.0. The minimum absolute atomic E-state index is 0.905. The molecule has 10 heavy (non-hydrogen) atoms. The molecule has 0 radical (unpaired) electrons. The molecule has 0 saturated heterocycles. The fraction of sp³-hybridized carbons (Fsp3) is 1.00. The maximum atomic E-state index is 4.13. The first-order chi connectivity index (χ1) is 4.81. The van der Waals surface area contributed by atoms with Gasteiger partial charge in [0, 0.05) is 0 Å². The van der Waals surface area contributed by atoms with Gasteiger partial charge < -0.3 is 0 Å². The summed E-state index contributed by atoms with van der Waals surface area (Å²) in [6.45, 7) is 8.53. The molecule has 1 atom stereocenters. The minimum atomic E-state index is 0.905. The van der Waals surface area contributed by atoms with E-state index in [1.165, 1.54) is 19.3 Å². The third-order valence-electron chi connectivity index (χ3n) is 1.55. The van der Waals surface area contributed by atoms with Gasteiger partial charge in [-0.1, -0.05) is 34.1 Å². The SMILES string of the molecule is CC.CC[C@@H](C)CCCS. The molecule has 0 rings (SSSR count). The lowest BCUT2D eigenvalue weighted by molar-refractivity contribution is 0.511. The second-order valence-electron chi connectivity index (χ2n) is 2.38. The van der Waals surface area contributed by atoms with Crippen molar-refractivity contribution in [2.24, 2.45) is 5.92 Å². The first kappa shape index (κ1) is 13.0. The summed E-state index contributed by atoms with van der Waals surface area (Å²) in [4.78, 5) is 0. The minimum Gasteiger partial charge on any atom is -0.179 e. The van der Waals surface area contributed by atoms with E-state index < -0.39 is 0 Å². The van der Waals surface area contributed by atoms with Crippen molar-refractivity contribution in [3.63, 3.8) is 0 Å². The molecule has 0 N–H and O–H groups in total. The Bertz CT molecular complexity index is 44.0. The Balaban J connectivity index is 0. The second kappa shape index (κ2) is 12.1. The first-order valence-electron chi connectivity index (χ1n) is 4.42. The van der Waals surface area contributed by atoms with Gasteiger partial charge in [-0.15, -0.1) is 0 Å². The van der Waals surface area contributed by atoms with Crippen molar-refractivity contribution in [3.05, 3.63) is 0 Å². The molecule has 64 valence electrons. The van der Waals surface area contributed by atoms with Gasteiger partial charge in [0.25, 0.3) is 0 Å². The van der Waals surface area contributed by atoms with Crippen molar-refractivity contribution in [1.29, 1.82) is 0 Å². The summed E-state index contributed by atoms with van der Waals surface area (Å²) in [5.74, 6) is 1.95. The highest BCUT2D eigenvalue weighted by Gasteiger charge is 1.94. The lowest BCUT2D eigenvalue weighted by Crippen LogP contribution is -1.91. The Morgan fingerprint density at radius 1 is 1.30 bits per heavy atom. The molecule has 0 nitrogen and oxygen atoms in total. The van der Waals surface area contributed by atoms with Gasteiger partial charge in [-0.25, -0.2) is 0 Å². The van der Waals surface area contributed by atoms with E-state index in [1.807, 2.05) is 13.8 Å². The fourth-order valence-electron chi connectivity index (χ4n) is 0.644. The normalized spacial score (nSPS) is 11.7. The van der Waals surface area contributed by atoms with Gasteiger partial charge in [0.1, 0.15) is 0 Å². The van der Waals surface area contributed by atoms with Crippen LogP contribution in [0.3, 0.4) is 0 Å². The third kappa shape index (κ3) is 11.2. The topological polar surface area (TPSA) is 0 Å². The van der Waals surface area contributed by atoms with Crippen LogP contribution in [0.15, 0.2) is 0 Å². The van der Waals surface area contributed by atoms with Crippen molar-refractivity contribution < 1.29 is 0 Å². The standard InChI is InChI=1S/C7H16S.C2H6/c1-3-7(2)5-4-6-8;1-2/h7-8H,3-6H2,1-2H3;1-2H3/t7-;/m1./s1. The predicted octanol–water partition coefficient (Wildman–Crippen LogP) is 3.77. The Labute approximate surface area is 71.8 Å². The molecule has 0 aliphatic carbocycles. The fourth-order valence-corrected chi connectivity index (χ4v) is 0.826. The average Bonchev–Trinajstić information content (AvgIpc) is 2.04. The van der Waals surface area contributed by atoms with Crippen LogP contribution in [0.5, 0.6) is 0 Å². The zero-order valence-corrected chi connectivity index (χ0v) is 8.75. The molecule has 0 fully saturated rings. The number of hydrogen-bond acceptors (Lipinski definition) is 1. The van der Waals surface area contributed by atoms with Gasteiger partial charge in [0.2, 0.25) is 0 Å².